The minimum absolute atomic E-state index is 0.0465. The van der Waals surface area contributed by atoms with Crippen molar-refractivity contribution in [3.8, 4) is 6.07 Å². The standard InChI is InChI=1S/C18H23N3O/c19-11-4-12-20-18(22)13-21(15-9-10-15)17-8-3-6-14-5-1-2-7-16(14)17/h1-2,5,7,15,17H,3-4,6,8-10,12-13H2,(H,20,22). The van der Waals surface area contributed by atoms with E-state index in [0.29, 0.717) is 31.6 Å². The highest BCUT2D eigenvalue weighted by atomic mass is 16.2. The molecule has 1 saturated carbocycles. The number of nitriles is 1. The lowest BCUT2D eigenvalue weighted by atomic mass is 9.86. The molecule has 4 nitrogen and oxygen atoms in total. The Balaban J connectivity index is 1.70. The van der Waals surface area contributed by atoms with Crippen molar-refractivity contribution in [2.75, 3.05) is 13.1 Å². The monoisotopic (exact) mass is 297 g/mol. The van der Waals surface area contributed by atoms with E-state index in [1.165, 1.54) is 30.4 Å². The second-order valence-electron chi connectivity index (χ2n) is 6.27. The molecule has 0 saturated heterocycles. The van der Waals surface area contributed by atoms with E-state index < -0.39 is 0 Å². The molecule has 0 aromatic heterocycles. The van der Waals surface area contributed by atoms with Crippen molar-refractivity contribution in [2.45, 2.75) is 50.6 Å². The predicted octanol–water partition coefficient (Wildman–Crippen LogP) is 2.56. The average molecular weight is 297 g/mol. The number of hydrogen-bond acceptors (Lipinski definition) is 3. The fraction of sp³-hybridized carbons (Fsp3) is 0.556. The summed E-state index contributed by atoms with van der Waals surface area (Å²) in [5.41, 5.74) is 2.85. The zero-order valence-electron chi connectivity index (χ0n) is 12.9. The molecule has 2 aliphatic rings. The number of rotatable bonds is 6. The van der Waals surface area contributed by atoms with E-state index >= 15 is 0 Å². The van der Waals surface area contributed by atoms with Crippen LogP contribution in [0.5, 0.6) is 0 Å². The van der Waals surface area contributed by atoms with E-state index in [-0.39, 0.29) is 5.91 Å². The van der Waals surface area contributed by atoms with Gasteiger partial charge in [0.25, 0.3) is 0 Å². The van der Waals surface area contributed by atoms with Crippen LogP contribution in [0.1, 0.15) is 49.3 Å². The summed E-state index contributed by atoms with van der Waals surface area (Å²) in [5, 5.41) is 11.4. The van der Waals surface area contributed by atoms with Crippen LogP contribution in [0.2, 0.25) is 0 Å². The SMILES string of the molecule is N#CCCNC(=O)CN(C1CC1)C1CCCc2ccccc21. The smallest absolute Gasteiger partial charge is 0.234 e. The molecule has 0 heterocycles. The number of hydrogen-bond donors (Lipinski definition) is 1. The van der Waals surface area contributed by atoms with Crippen LogP contribution in [-0.4, -0.2) is 29.9 Å². The van der Waals surface area contributed by atoms with Crippen molar-refractivity contribution in [3.05, 3.63) is 35.4 Å². The normalized spacial score (nSPS) is 20.3. The molecule has 1 N–H and O–H groups in total. The van der Waals surface area contributed by atoms with Gasteiger partial charge in [0.2, 0.25) is 5.91 Å². The van der Waals surface area contributed by atoms with Crippen LogP contribution in [0.3, 0.4) is 0 Å². The highest BCUT2D eigenvalue weighted by Crippen LogP contribution is 2.40. The highest BCUT2D eigenvalue weighted by Gasteiger charge is 2.37. The van der Waals surface area contributed by atoms with Gasteiger partial charge in [-0.05, 0) is 43.2 Å². The third-order valence-electron chi connectivity index (χ3n) is 4.64. The maximum Gasteiger partial charge on any atom is 0.234 e. The van der Waals surface area contributed by atoms with Crippen LogP contribution in [0.25, 0.3) is 0 Å². The fourth-order valence-corrected chi connectivity index (χ4v) is 3.45. The molecule has 1 unspecified atom stereocenters. The summed E-state index contributed by atoms with van der Waals surface area (Å²) in [6.07, 6.45) is 6.26. The maximum atomic E-state index is 12.2. The zero-order valence-corrected chi connectivity index (χ0v) is 12.9. The molecular formula is C18H23N3O. The fourth-order valence-electron chi connectivity index (χ4n) is 3.45. The highest BCUT2D eigenvalue weighted by molar-refractivity contribution is 5.78. The zero-order chi connectivity index (χ0) is 15.4. The molecule has 0 aliphatic heterocycles. The summed E-state index contributed by atoms with van der Waals surface area (Å²) < 4.78 is 0. The molecule has 0 spiro atoms. The summed E-state index contributed by atoms with van der Waals surface area (Å²) in [4.78, 5) is 14.5. The molecule has 22 heavy (non-hydrogen) atoms. The molecule has 1 amide bonds. The molecule has 0 radical (unpaired) electrons. The van der Waals surface area contributed by atoms with Crippen LogP contribution in [0.15, 0.2) is 24.3 Å². The van der Waals surface area contributed by atoms with E-state index in [1.54, 1.807) is 0 Å². The lowest BCUT2D eigenvalue weighted by Crippen LogP contribution is -2.41. The molecule has 1 fully saturated rings. The molecule has 4 heteroatoms. The molecule has 3 rings (SSSR count). The topological polar surface area (TPSA) is 56.1 Å². The van der Waals surface area contributed by atoms with Crippen molar-refractivity contribution in [3.63, 3.8) is 0 Å². The largest absolute Gasteiger partial charge is 0.354 e. The molecule has 1 atom stereocenters. The quantitative estimate of drug-likeness (QED) is 0.821. The third kappa shape index (κ3) is 3.48. The number of carbonyl (C=O) groups excluding carboxylic acids is 1. The van der Waals surface area contributed by atoms with Gasteiger partial charge in [0.1, 0.15) is 0 Å². The molecule has 116 valence electrons. The number of carbonyl (C=O) groups is 1. The van der Waals surface area contributed by atoms with Crippen LogP contribution < -0.4 is 5.32 Å². The average Bonchev–Trinajstić information content (AvgIpc) is 3.37. The Bertz CT molecular complexity index is 574. The lowest BCUT2D eigenvalue weighted by molar-refractivity contribution is -0.123. The number of amides is 1. The Morgan fingerprint density at radius 3 is 2.91 bits per heavy atom. The molecule has 1 aromatic rings. The van der Waals surface area contributed by atoms with Crippen LogP contribution in [0, 0.1) is 11.3 Å². The van der Waals surface area contributed by atoms with Crippen molar-refractivity contribution in [2.24, 2.45) is 0 Å². The molecule has 1 aromatic carbocycles. The Morgan fingerprint density at radius 1 is 1.32 bits per heavy atom. The number of benzene rings is 1. The second kappa shape index (κ2) is 6.93. The van der Waals surface area contributed by atoms with E-state index in [1.807, 2.05) is 0 Å². The summed E-state index contributed by atoms with van der Waals surface area (Å²) >= 11 is 0. The van der Waals surface area contributed by atoms with Gasteiger partial charge in [0.05, 0.1) is 19.0 Å². The van der Waals surface area contributed by atoms with E-state index in [2.05, 4.69) is 40.6 Å². The first kappa shape index (κ1) is 15.1. The van der Waals surface area contributed by atoms with Gasteiger partial charge in [-0.15, -0.1) is 0 Å². The van der Waals surface area contributed by atoms with Crippen molar-refractivity contribution in [1.82, 2.24) is 10.2 Å². The van der Waals surface area contributed by atoms with Crippen molar-refractivity contribution < 1.29 is 4.79 Å². The number of nitrogens with one attached hydrogen (secondary N) is 1. The van der Waals surface area contributed by atoms with E-state index in [0.717, 1.165) is 12.8 Å². The Morgan fingerprint density at radius 2 is 2.14 bits per heavy atom. The molecular weight excluding hydrogens is 274 g/mol. The van der Waals surface area contributed by atoms with Crippen LogP contribution >= 0.6 is 0 Å². The van der Waals surface area contributed by atoms with E-state index in [4.69, 9.17) is 5.26 Å². The maximum absolute atomic E-state index is 12.2. The summed E-state index contributed by atoms with van der Waals surface area (Å²) in [6.45, 7) is 0.907. The first-order valence-electron chi connectivity index (χ1n) is 8.27. The molecule has 2 aliphatic carbocycles. The Kier molecular flexibility index (Phi) is 4.74. The number of nitrogens with zero attached hydrogens (tertiary/aromatic N) is 2. The Hall–Kier alpha value is -1.86. The van der Waals surface area contributed by atoms with Gasteiger partial charge in [-0.1, -0.05) is 24.3 Å². The lowest BCUT2D eigenvalue weighted by Gasteiger charge is -2.35. The van der Waals surface area contributed by atoms with Gasteiger partial charge in [-0.25, -0.2) is 0 Å². The molecule has 0 bridgehead atoms. The summed E-state index contributed by atoms with van der Waals surface area (Å²) in [5.74, 6) is 0.0465. The first-order chi connectivity index (χ1) is 10.8. The Labute approximate surface area is 132 Å². The van der Waals surface area contributed by atoms with E-state index in [9.17, 15) is 4.79 Å². The summed E-state index contributed by atoms with van der Waals surface area (Å²) in [7, 11) is 0. The third-order valence-corrected chi connectivity index (χ3v) is 4.64. The van der Waals surface area contributed by atoms with Gasteiger partial charge in [-0.3, -0.25) is 9.69 Å². The van der Waals surface area contributed by atoms with Crippen LogP contribution in [0.4, 0.5) is 0 Å². The van der Waals surface area contributed by atoms with Gasteiger partial charge in [0, 0.05) is 18.6 Å². The minimum Gasteiger partial charge on any atom is -0.354 e. The van der Waals surface area contributed by atoms with Gasteiger partial charge in [-0.2, -0.15) is 5.26 Å². The van der Waals surface area contributed by atoms with Gasteiger partial charge < -0.3 is 5.32 Å². The van der Waals surface area contributed by atoms with Gasteiger partial charge in [0.15, 0.2) is 0 Å². The van der Waals surface area contributed by atoms with Crippen molar-refractivity contribution >= 4 is 5.91 Å². The van der Waals surface area contributed by atoms with Crippen molar-refractivity contribution in [1.29, 1.82) is 5.26 Å². The number of fused-ring (bicyclic) bond motifs is 1. The summed E-state index contributed by atoms with van der Waals surface area (Å²) in [6, 6.07) is 11.6. The number of aryl methyl sites for hydroxylation is 1. The predicted molar refractivity (Wildman–Crippen MR) is 85.1 cm³/mol. The van der Waals surface area contributed by atoms with Gasteiger partial charge >= 0.3 is 0 Å². The second-order valence-corrected chi connectivity index (χ2v) is 6.27. The minimum atomic E-state index is 0.0465. The first-order valence-corrected chi connectivity index (χ1v) is 8.27. The van der Waals surface area contributed by atoms with Crippen LogP contribution in [-0.2, 0) is 11.2 Å².